The Bertz CT molecular complexity index is 1060. The first-order valence-corrected chi connectivity index (χ1v) is 10.1. The lowest BCUT2D eigenvalue weighted by atomic mass is 10.2. The molecule has 1 aliphatic heterocycles. The van der Waals surface area contributed by atoms with Crippen molar-refractivity contribution in [3.8, 4) is 17.4 Å². The van der Waals surface area contributed by atoms with Crippen LogP contribution in [0.1, 0.15) is 10.4 Å². The molecule has 1 aliphatic rings. The maximum absolute atomic E-state index is 12.5. The van der Waals surface area contributed by atoms with Crippen LogP contribution >= 0.6 is 11.6 Å². The van der Waals surface area contributed by atoms with E-state index in [-0.39, 0.29) is 5.91 Å². The van der Waals surface area contributed by atoms with Crippen molar-refractivity contribution in [1.82, 2.24) is 9.97 Å². The van der Waals surface area contributed by atoms with E-state index in [4.69, 9.17) is 25.8 Å². The van der Waals surface area contributed by atoms with Gasteiger partial charge in [-0.2, -0.15) is 0 Å². The number of hydrogen-bond donors (Lipinski definition) is 1. The second-order valence-corrected chi connectivity index (χ2v) is 7.12. The second-order valence-electron chi connectivity index (χ2n) is 6.71. The Morgan fingerprint density at radius 3 is 2.55 bits per heavy atom. The van der Waals surface area contributed by atoms with Crippen molar-refractivity contribution in [2.24, 2.45) is 0 Å². The fraction of sp³-hybridized carbons (Fsp3) is 0.227. The minimum atomic E-state index is -0.263. The van der Waals surface area contributed by atoms with E-state index in [2.05, 4.69) is 20.2 Å². The average molecular weight is 441 g/mol. The Morgan fingerprint density at radius 2 is 1.84 bits per heavy atom. The van der Waals surface area contributed by atoms with Gasteiger partial charge in [-0.25, -0.2) is 9.97 Å². The lowest BCUT2D eigenvalue weighted by Gasteiger charge is -2.28. The summed E-state index contributed by atoms with van der Waals surface area (Å²) in [6, 6.07) is 11.8. The fourth-order valence-corrected chi connectivity index (χ4v) is 3.37. The topological polar surface area (TPSA) is 85.8 Å². The van der Waals surface area contributed by atoms with Gasteiger partial charge in [-0.05, 0) is 42.5 Å². The molecule has 4 rings (SSSR count). The van der Waals surface area contributed by atoms with Gasteiger partial charge in [0.15, 0.2) is 5.82 Å². The molecule has 1 amide bonds. The molecule has 0 radical (unpaired) electrons. The smallest absolute Gasteiger partial charge is 0.263 e. The van der Waals surface area contributed by atoms with Crippen LogP contribution in [0.15, 0.2) is 54.9 Å². The normalized spacial score (nSPS) is 13.5. The van der Waals surface area contributed by atoms with Gasteiger partial charge in [0.05, 0.1) is 25.3 Å². The van der Waals surface area contributed by atoms with Crippen molar-refractivity contribution in [3.63, 3.8) is 0 Å². The maximum Gasteiger partial charge on any atom is 0.263 e. The molecule has 0 aliphatic carbocycles. The summed E-state index contributed by atoms with van der Waals surface area (Å²) in [5, 5.41) is 3.23. The second kappa shape index (κ2) is 9.63. The van der Waals surface area contributed by atoms with Crippen LogP contribution in [0.2, 0.25) is 5.02 Å². The first-order valence-electron chi connectivity index (χ1n) is 9.70. The minimum absolute atomic E-state index is 0.263. The van der Waals surface area contributed by atoms with Crippen LogP contribution in [0, 0.1) is 0 Å². The van der Waals surface area contributed by atoms with Gasteiger partial charge in [0, 0.05) is 36.7 Å². The SMILES string of the molecule is COc1ccc(NC(=O)c2ccc(Oc3nccnc3N3CCOCC3)cc2)cc1Cl. The number of benzene rings is 2. The molecular formula is C22H21ClN4O4. The zero-order chi connectivity index (χ0) is 21.6. The van der Waals surface area contributed by atoms with Crippen LogP contribution in [0.4, 0.5) is 11.5 Å². The highest BCUT2D eigenvalue weighted by atomic mass is 35.5. The van der Waals surface area contributed by atoms with Crippen LogP contribution in [0.3, 0.4) is 0 Å². The molecule has 0 unspecified atom stereocenters. The van der Waals surface area contributed by atoms with E-state index in [1.165, 1.54) is 7.11 Å². The summed E-state index contributed by atoms with van der Waals surface area (Å²) in [4.78, 5) is 23.3. The van der Waals surface area contributed by atoms with Gasteiger partial charge in [0.2, 0.25) is 0 Å². The van der Waals surface area contributed by atoms with Crippen LogP contribution in [-0.2, 0) is 4.74 Å². The van der Waals surface area contributed by atoms with Gasteiger partial charge in [-0.3, -0.25) is 4.79 Å². The van der Waals surface area contributed by atoms with Crippen LogP contribution in [0.25, 0.3) is 0 Å². The van der Waals surface area contributed by atoms with E-state index >= 15 is 0 Å². The molecule has 31 heavy (non-hydrogen) atoms. The van der Waals surface area contributed by atoms with Crippen LogP contribution < -0.4 is 19.7 Å². The van der Waals surface area contributed by atoms with Crippen LogP contribution in [0.5, 0.6) is 17.4 Å². The third-order valence-corrected chi connectivity index (χ3v) is 4.99. The van der Waals surface area contributed by atoms with Crippen molar-refractivity contribution in [2.45, 2.75) is 0 Å². The predicted molar refractivity (Wildman–Crippen MR) is 118 cm³/mol. The van der Waals surface area contributed by atoms with Crippen molar-refractivity contribution in [1.29, 1.82) is 0 Å². The predicted octanol–water partition coefficient (Wildman–Crippen LogP) is 4.02. The zero-order valence-electron chi connectivity index (χ0n) is 16.9. The number of amides is 1. The molecule has 3 aromatic rings. The highest BCUT2D eigenvalue weighted by Gasteiger charge is 2.18. The summed E-state index contributed by atoms with van der Waals surface area (Å²) >= 11 is 6.11. The van der Waals surface area contributed by atoms with Crippen molar-refractivity contribution in [2.75, 3.05) is 43.6 Å². The summed E-state index contributed by atoms with van der Waals surface area (Å²) in [5.41, 5.74) is 1.05. The number of carbonyl (C=O) groups excluding carboxylic acids is 1. The number of nitrogens with one attached hydrogen (secondary N) is 1. The first kappa shape index (κ1) is 20.9. The monoisotopic (exact) mass is 440 g/mol. The number of halogens is 1. The number of carbonyl (C=O) groups is 1. The summed E-state index contributed by atoms with van der Waals surface area (Å²) < 4.78 is 16.5. The van der Waals surface area contributed by atoms with E-state index in [9.17, 15) is 4.79 Å². The molecule has 0 spiro atoms. The maximum atomic E-state index is 12.5. The summed E-state index contributed by atoms with van der Waals surface area (Å²) in [7, 11) is 1.54. The highest BCUT2D eigenvalue weighted by molar-refractivity contribution is 6.32. The Labute approximate surface area is 184 Å². The molecule has 160 valence electrons. The molecule has 0 saturated carbocycles. The molecule has 9 heteroatoms. The number of ether oxygens (including phenoxy) is 3. The van der Waals surface area contributed by atoms with Crippen molar-refractivity contribution in [3.05, 3.63) is 65.4 Å². The molecule has 2 aromatic carbocycles. The lowest BCUT2D eigenvalue weighted by Crippen LogP contribution is -2.37. The fourth-order valence-electron chi connectivity index (χ4n) is 3.12. The Morgan fingerprint density at radius 1 is 1.10 bits per heavy atom. The van der Waals surface area contributed by atoms with Gasteiger partial charge < -0.3 is 24.4 Å². The van der Waals surface area contributed by atoms with Gasteiger partial charge in [-0.15, -0.1) is 0 Å². The third kappa shape index (κ3) is 5.04. The molecule has 1 aromatic heterocycles. The van der Waals surface area contributed by atoms with E-state index in [1.807, 2.05) is 0 Å². The number of aromatic nitrogens is 2. The number of hydrogen-bond acceptors (Lipinski definition) is 7. The molecule has 2 heterocycles. The van der Waals surface area contributed by atoms with E-state index in [0.717, 1.165) is 13.1 Å². The summed E-state index contributed by atoms with van der Waals surface area (Å²) in [5.74, 6) is 1.92. The highest BCUT2D eigenvalue weighted by Crippen LogP contribution is 2.29. The Kier molecular flexibility index (Phi) is 6.49. The minimum Gasteiger partial charge on any atom is -0.495 e. The zero-order valence-corrected chi connectivity index (χ0v) is 17.6. The molecule has 8 nitrogen and oxygen atoms in total. The van der Waals surface area contributed by atoms with Crippen molar-refractivity contribution < 1.29 is 19.0 Å². The molecule has 1 saturated heterocycles. The van der Waals surface area contributed by atoms with E-state index < -0.39 is 0 Å². The number of nitrogens with zero attached hydrogens (tertiary/aromatic N) is 3. The van der Waals surface area contributed by atoms with E-state index in [0.29, 0.717) is 52.7 Å². The molecule has 1 fully saturated rings. The number of morpholine rings is 1. The standard InChI is InChI=1S/C22H21ClN4O4/c1-29-19-7-4-16(14-18(19)23)26-21(28)15-2-5-17(6-3-15)31-22-20(24-8-9-25-22)27-10-12-30-13-11-27/h2-9,14H,10-13H2,1H3,(H,26,28). The Balaban J connectivity index is 1.44. The number of anilines is 2. The average Bonchev–Trinajstić information content (AvgIpc) is 2.80. The van der Waals surface area contributed by atoms with Crippen LogP contribution in [-0.4, -0.2) is 49.3 Å². The quantitative estimate of drug-likeness (QED) is 0.619. The first-order chi connectivity index (χ1) is 15.1. The summed E-state index contributed by atoms with van der Waals surface area (Å²) in [6.07, 6.45) is 3.22. The molecule has 1 N–H and O–H groups in total. The Hall–Kier alpha value is -3.36. The molecule has 0 atom stereocenters. The largest absolute Gasteiger partial charge is 0.495 e. The lowest BCUT2D eigenvalue weighted by molar-refractivity contribution is 0.102. The number of methoxy groups -OCH3 is 1. The third-order valence-electron chi connectivity index (χ3n) is 4.70. The van der Waals surface area contributed by atoms with Gasteiger partial charge in [-0.1, -0.05) is 11.6 Å². The molecule has 0 bridgehead atoms. The van der Waals surface area contributed by atoms with Crippen molar-refractivity contribution >= 4 is 29.0 Å². The van der Waals surface area contributed by atoms with E-state index in [1.54, 1.807) is 54.9 Å². The van der Waals surface area contributed by atoms with Gasteiger partial charge in [0.1, 0.15) is 11.5 Å². The number of rotatable bonds is 6. The summed E-state index contributed by atoms with van der Waals surface area (Å²) in [6.45, 7) is 2.73. The van der Waals surface area contributed by atoms with Gasteiger partial charge >= 0.3 is 0 Å². The van der Waals surface area contributed by atoms with Gasteiger partial charge in [0.25, 0.3) is 11.8 Å². The molecular weight excluding hydrogens is 420 g/mol.